The van der Waals surface area contributed by atoms with Crippen LogP contribution in [0.5, 0.6) is 11.5 Å². The van der Waals surface area contributed by atoms with Gasteiger partial charge in [0.25, 0.3) is 0 Å². The second-order valence-corrected chi connectivity index (χ2v) is 22.8. The third-order valence-corrected chi connectivity index (χ3v) is 10.9. The van der Waals surface area contributed by atoms with E-state index in [0.717, 1.165) is 24.0 Å². The van der Waals surface area contributed by atoms with E-state index in [-0.39, 0.29) is 26.2 Å². The van der Waals surface area contributed by atoms with Crippen molar-refractivity contribution in [1.82, 2.24) is 0 Å². The molecule has 0 unspecified atom stereocenters. The fourth-order valence-electron chi connectivity index (χ4n) is 4.41. The molecule has 230 valence electrons. The predicted molar refractivity (Wildman–Crippen MR) is 195 cm³/mol. The first-order chi connectivity index (χ1) is 20.9. The van der Waals surface area contributed by atoms with E-state index >= 15 is 0 Å². The molecule has 4 aromatic rings. The van der Waals surface area contributed by atoms with Crippen molar-refractivity contribution in [2.45, 2.75) is 52.1 Å². The standard InChI is InChI=1S/2C12H10O.2C8H13Si.Zr/c2*13-12-8-6-11(7-9-12)10-4-2-1-3-5-10;2*1-9(2,3)8-6-4-5-7-8;/h2*1-9,13H;2*4,6H,5H2,1-3H3;/q;;2*-1;+2. The van der Waals surface area contributed by atoms with Crippen molar-refractivity contribution in [2.75, 3.05) is 0 Å². The van der Waals surface area contributed by atoms with Gasteiger partial charge in [-0.3, -0.25) is 12.2 Å². The fraction of sp³-hybridized carbons (Fsp3) is 0.200. The molecule has 0 aromatic heterocycles. The van der Waals surface area contributed by atoms with Crippen LogP contribution >= 0.6 is 0 Å². The zero-order valence-corrected chi connectivity index (χ0v) is 32.0. The van der Waals surface area contributed by atoms with E-state index in [1.54, 1.807) is 24.3 Å². The molecule has 0 saturated heterocycles. The van der Waals surface area contributed by atoms with Crippen LogP contribution in [0.3, 0.4) is 0 Å². The maximum atomic E-state index is 9.10. The summed E-state index contributed by atoms with van der Waals surface area (Å²) >= 11 is 0. The summed E-state index contributed by atoms with van der Waals surface area (Å²) in [5.41, 5.74) is 4.59. The number of benzene rings is 4. The molecule has 0 amide bonds. The summed E-state index contributed by atoms with van der Waals surface area (Å²) in [7, 11) is -2.01. The predicted octanol–water partition coefficient (Wildman–Crippen LogP) is 11.2. The van der Waals surface area contributed by atoms with Gasteiger partial charge in [0.05, 0.1) is 0 Å². The zero-order valence-electron chi connectivity index (χ0n) is 27.5. The van der Waals surface area contributed by atoms with Gasteiger partial charge in [-0.1, -0.05) is 124 Å². The number of hydrogen-bond acceptors (Lipinski definition) is 2. The van der Waals surface area contributed by atoms with Gasteiger partial charge in [-0.25, -0.2) is 22.5 Å². The van der Waals surface area contributed by atoms with Crippen molar-refractivity contribution < 1.29 is 36.4 Å². The number of aromatic hydroxyl groups is 2. The average molecular weight is 706 g/mol. The quantitative estimate of drug-likeness (QED) is 0.164. The van der Waals surface area contributed by atoms with Crippen LogP contribution in [0.25, 0.3) is 22.3 Å². The van der Waals surface area contributed by atoms with E-state index in [4.69, 9.17) is 10.2 Å². The summed E-state index contributed by atoms with van der Waals surface area (Å²) in [6, 6.07) is 34.6. The van der Waals surface area contributed by atoms with Crippen LogP contribution in [0.2, 0.25) is 39.3 Å². The molecule has 0 heterocycles. The molecule has 2 aliphatic rings. The molecule has 6 rings (SSSR count). The average Bonchev–Trinajstić information content (AvgIpc) is 3.76. The molecule has 5 heteroatoms. The minimum absolute atomic E-state index is 0. The summed E-state index contributed by atoms with van der Waals surface area (Å²) in [6.45, 7) is 14.1. The van der Waals surface area contributed by atoms with Gasteiger partial charge in [0, 0.05) is 16.1 Å². The van der Waals surface area contributed by atoms with E-state index < -0.39 is 16.1 Å². The Hall–Kier alpha value is -3.24. The van der Waals surface area contributed by atoms with Gasteiger partial charge in [0.15, 0.2) is 0 Å². The Bertz CT molecular complexity index is 1420. The molecule has 4 aromatic carbocycles. The van der Waals surface area contributed by atoms with Gasteiger partial charge in [0.2, 0.25) is 0 Å². The Morgan fingerprint density at radius 2 is 0.733 bits per heavy atom. The van der Waals surface area contributed by atoms with Gasteiger partial charge in [-0.15, -0.1) is 12.8 Å². The third kappa shape index (κ3) is 13.7. The first-order valence-corrected chi connectivity index (χ1v) is 22.2. The van der Waals surface area contributed by atoms with Gasteiger partial charge in [-0.2, -0.15) is 12.2 Å². The Balaban J connectivity index is 0.000000211. The number of hydrogen-bond donors (Lipinski definition) is 2. The molecular formula is C40H46O2Si2Zr. The molecule has 2 aliphatic carbocycles. The third-order valence-electron chi connectivity index (χ3n) is 6.95. The molecule has 0 fully saturated rings. The van der Waals surface area contributed by atoms with Crippen LogP contribution in [0.15, 0.2) is 144 Å². The molecule has 0 radical (unpaired) electrons. The molecule has 0 atom stereocenters. The Morgan fingerprint density at radius 3 is 0.956 bits per heavy atom. The van der Waals surface area contributed by atoms with Crippen molar-refractivity contribution in [3.05, 3.63) is 156 Å². The topological polar surface area (TPSA) is 40.5 Å². The van der Waals surface area contributed by atoms with Crippen LogP contribution in [0, 0.1) is 12.2 Å². The summed E-state index contributed by atoms with van der Waals surface area (Å²) in [6.07, 6.45) is 17.6. The van der Waals surface area contributed by atoms with Crippen LogP contribution in [-0.4, -0.2) is 26.4 Å². The van der Waals surface area contributed by atoms with Gasteiger partial charge < -0.3 is 10.2 Å². The summed E-state index contributed by atoms with van der Waals surface area (Å²) in [4.78, 5) is 0. The second-order valence-electron chi connectivity index (χ2n) is 12.7. The molecule has 2 nitrogen and oxygen atoms in total. The largest absolute Gasteiger partial charge is 2.00 e. The molecule has 0 spiro atoms. The molecule has 45 heavy (non-hydrogen) atoms. The smallest absolute Gasteiger partial charge is 0.508 e. The van der Waals surface area contributed by atoms with Gasteiger partial charge in [-0.05, 0) is 46.5 Å². The molecule has 0 bridgehead atoms. The number of allylic oxidation sites excluding steroid dienone is 8. The van der Waals surface area contributed by atoms with E-state index in [0.29, 0.717) is 11.5 Å². The number of phenolic OH excluding ortho intramolecular Hbond substituents is 2. The molecule has 0 aliphatic heterocycles. The summed E-state index contributed by atoms with van der Waals surface area (Å²) in [5, 5.41) is 21.2. The van der Waals surface area contributed by atoms with Crippen molar-refractivity contribution in [1.29, 1.82) is 0 Å². The van der Waals surface area contributed by atoms with Crippen LogP contribution < -0.4 is 0 Å². The van der Waals surface area contributed by atoms with Crippen LogP contribution in [0.1, 0.15) is 12.8 Å². The summed E-state index contributed by atoms with van der Waals surface area (Å²) < 4.78 is 0. The van der Waals surface area contributed by atoms with E-state index in [9.17, 15) is 0 Å². The van der Waals surface area contributed by atoms with Crippen molar-refractivity contribution in [3.8, 4) is 33.8 Å². The first-order valence-electron chi connectivity index (χ1n) is 15.2. The zero-order chi connectivity index (χ0) is 32.0. The normalized spacial score (nSPS) is 13.0. The molecule has 2 N–H and O–H groups in total. The van der Waals surface area contributed by atoms with Crippen LogP contribution in [0.4, 0.5) is 0 Å². The Labute approximate surface area is 292 Å². The van der Waals surface area contributed by atoms with Crippen molar-refractivity contribution >= 4 is 16.1 Å². The van der Waals surface area contributed by atoms with Crippen LogP contribution in [-0.2, 0) is 26.2 Å². The second kappa shape index (κ2) is 18.7. The first kappa shape index (κ1) is 37.9. The van der Waals surface area contributed by atoms with E-state index in [1.807, 2.05) is 84.9 Å². The minimum atomic E-state index is -1.01. The number of rotatable bonds is 4. The maximum Gasteiger partial charge on any atom is 2.00 e. The van der Waals surface area contributed by atoms with E-state index in [2.05, 4.69) is 75.7 Å². The minimum Gasteiger partial charge on any atom is -0.508 e. The number of phenols is 2. The summed E-state index contributed by atoms with van der Waals surface area (Å²) in [5.74, 6) is 0.611. The van der Waals surface area contributed by atoms with Crippen molar-refractivity contribution in [2.24, 2.45) is 0 Å². The fourth-order valence-corrected chi connectivity index (χ4v) is 6.91. The van der Waals surface area contributed by atoms with Crippen molar-refractivity contribution in [3.63, 3.8) is 0 Å². The Morgan fingerprint density at radius 1 is 0.444 bits per heavy atom. The molecule has 0 saturated carbocycles. The van der Waals surface area contributed by atoms with E-state index in [1.165, 1.54) is 21.5 Å². The van der Waals surface area contributed by atoms with Gasteiger partial charge in [0.1, 0.15) is 11.5 Å². The molecular weight excluding hydrogens is 660 g/mol. The monoisotopic (exact) mass is 704 g/mol. The van der Waals surface area contributed by atoms with Gasteiger partial charge >= 0.3 is 26.2 Å². The maximum absolute atomic E-state index is 9.10. The SMILES string of the molecule is C[Si](C)(C)C1=[C-]CC=C1.C[Si](C)(C)C1=[C-]CC=C1.Oc1ccc(-c2ccccc2)cc1.Oc1ccc(-c2ccccc2)cc1.[Zr+2]. The Kier molecular flexibility index (Phi) is 15.7.